The number of hydrogen-bond donors (Lipinski definition) is 1. The van der Waals surface area contributed by atoms with Gasteiger partial charge in [-0.2, -0.15) is 5.10 Å². The van der Waals surface area contributed by atoms with E-state index in [1.54, 1.807) is 30.5 Å². The van der Waals surface area contributed by atoms with Crippen LogP contribution in [0, 0.1) is 0 Å². The summed E-state index contributed by atoms with van der Waals surface area (Å²) in [6.45, 7) is 3.56. The van der Waals surface area contributed by atoms with Crippen LogP contribution in [0.2, 0.25) is 0 Å². The SMILES string of the molecule is O=C(NCc1ccnc(N2CCOCC2)c1)c1nn(Cc2ccccc2)c(=O)c2ccccc12. The summed E-state index contributed by atoms with van der Waals surface area (Å²) in [6, 6.07) is 20.5. The molecule has 5 rings (SSSR count). The minimum absolute atomic E-state index is 0.222. The van der Waals surface area contributed by atoms with E-state index >= 15 is 0 Å². The molecule has 0 unspecified atom stereocenters. The third-order valence-corrected chi connectivity index (χ3v) is 5.86. The number of hydrogen-bond acceptors (Lipinski definition) is 6. The van der Waals surface area contributed by atoms with Crippen LogP contribution < -0.4 is 15.8 Å². The molecule has 1 saturated heterocycles. The van der Waals surface area contributed by atoms with E-state index in [9.17, 15) is 9.59 Å². The molecule has 1 aliphatic rings. The van der Waals surface area contributed by atoms with Crippen LogP contribution in [0.15, 0.2) is 77.7 Å². The molecule has 8 nitrogen and oxygen atoms in total. The molecule has 1 fully saturated rings. The Labute approximate surface area is 196 Å². The Morgan fingerprint density at radius 3 is 2.47 bits per heavy atom. The van der Waals surface area contributed by atoms with Crippen molar-refractivity contribution in [2.45, 2.75) is 13.1 Å². The molecule has 0 saturated carbocycles. The van der Waals surface area contributed by atoms with Gasteiger partial charge in [0.05, 0.1) is 25.1 Å². The summed E-state index contributed by atoms with van der Waals surface area (Å²) < 4.78 is 6.77. The topological polar surface area (TPSA) is 89.3 Å². The number of rotatable bonds is 6. The predicted octanol–water partition coefficient (Wildman–Crippen LogP) is 2.61. The van der Waals surface area contributed by atoms with E-state index in [0.717, 1.165) is 30.0 Å². The maximum absolute atomic E-state index is 13.2. The highest BCUT2D eigenvalue weighted by Gasteiger charge is 2.17. The molecule has 0 radical (unpaired) electrons. The van der Waals surface area contributed by atoms with E-state index < -0.39 is 0 Å². The Hall–Kier alpha value is -4.04. The lowest BCUT2D eigenvalue weighted by atomic mass is 10.1. The lowest BCUT2D eigenvalue weighted by Crippen LogP contribution is -2.36. The highest BCUT2D eigenvalue weighted by atomic mass is 16.5. The van der Waals surface area contributed by atoms with Crippen molar-refractivity contribution in [3.63, 3.8) is 0 Å². The summed E-state index contributed by atoms with van der Waals surface area (Å²) in [5.41, 5.74) is 1.88. The molecule has 1 amide bonds. The predicted molar refractivity (Wildman–Crippen MR) is 130 cm³/mol. The van der Waals surface area contributed by atoms with Crippen LogP contribution >= 0.6 is 0 Å². The van der Waals surface area contributed by atoms with Gasteiger partial charge in [-0.1, -0.05) is 48.5 Å². The standard InChI is InChI=1S/C26H25N5O3/c32-25(28-17-20-10-11-27-23(16-20)30-12-14-34-15-13-30)24-21-8-4-5-9-22(21)26(33)31(29-24)18-19-6-2-1-3-7-19/h1-11,16H,12-15,17-18H2,(H,28,32). The van der Waals surface area contributed by atoms with E-state index in [1.807, 2.05) is 42.5 Å². The highest BCUT2D eigenvalue weighted by Crippen LogP contribution is 2.16. The van der Waals surface area contributed by atoms with E-state index in [0.29, 0.717) is 30.5 Å². The zero-order valence-electron chi connectivity index (χ0n) is 18.7. The third-order valence-electron chi connectivity index (χ3n) is 5.86. The zero-order valence-corrected chi connectivity index (χ0v) is 18.7. The van der Waals surface area contributed by atoms with Gasteiger partial charge in [0.15, 0.2) is 5.69 Å². The van der Waals surface area contributed by atoms with Crippen LogP contribution in [0.4, 0.5) is 5.82 Å². The number of morpholine rings is 1. The number of fused-ring (bicyclic) bond motifs is 1. The van der Waals surface area contributed by atoms with E-state index in [1.165, 1.54) is 4.68 Å². The maximum Gasteiger partial charge on any atom is 0.274 e. The van der Waals surface area contributed by atoms with Gasteiger partial charge in [0.25, 0.3) is 11.5 Å². The number of benzene rings is 2. The minimum Gasteiger partial charge on any atom is -0.378 e. The average molecular weight is 456 g/mol. The number of nitrogens with zero attached hydrogens (tertiary/aromatic N) is 4. The van der Waals surface area contributed by atoms with Crippen molar-refractivity contribution >= 4 is 22.5 Å². The Morgan fingerprint density at radius 2 is 1.68 bits per heavy atom. The second-order valence-electron chi connectivity index (χ2n) is 8.15. The molecule has 8 heteroatoms. The summed E-state index contributed by atoms with van der Waals surface area (Å²) in [4.78, 5) is 32.9. The van der Waals surface area contributed by atoms with Gasteiger partial charge in [-0.15, -0.1) is 0 Å². The van der Waals surface area contributed by atoms with Crippen molar-refractivity contribution < 1.29 is 9.53 Å². The van der Waals surface area contributed by atoms with E-state index in [2.05, 4.69) is 20.3 Å². The average Bonchev–Trinajstić information content (AvgIpc) is 2.90. The molecular weight excluding hydrogens is 430 g/mol. The van der Waals surface area contributed by atoms with Gasteiger partial charge in [0, 0.05) is 31.2 Å². The van der Waals surface area contributed by atoms with Crippen molar-refractivity contribution in [1.82, 2.24) is 20.1 Å². The van der Waals surface area contributed by atoms with Crippen molar-refractivity contribution in [2.75, 3.05) is 31.2 Å². The van der Waals surface area contributed by atoms with Gasteiger partial charge in [-0.05, 0) is 29.3 Å². The van der Waals surface area contributed by atoms with Gasteiger partial charge in [0.2, 0.25) is 0 Å². The largest absolute Gasteiger partial charge is 0.378 e. The van der Waals surface area contributed by atoms with Crippen molar-refractivity contribution in [2.24, 2.45) is 0 Å². The second-order valence-corrected chi connectivity index (χ2v) is 8.15. The summed E-state index contributed by atoms with van der Waals surface area (Å²) in [5, 5.41) is 8.43. The third kappa shape index (κ3) is 4.67. The van der Waals surface area contributed by atoms with Crippen LogP contribution in [0.1, 0.15) is 21.6 Å². The van der Waals surface area contributed by atoms with E-state index in [-0.39, 0.29) is 23.7 Å². The highest BCUT2D eigenvalue weighted by molar-refractivity contribution is 6.04. The first-order valence-electron chi connectivity index (χ1n) is 11.3. The number of nitrogens with one attached hydrogen (secondary N) is 1. The maximum atomic E-state index is 13.2. The number of carbonyl (C=O) groups is 1. The smallest absolute Gasteiger partial charge is 0.274 e. The fourth-order valence-electron chi connectivity index (χ4n) is 4.07. The summed E-state index contributed by atoms with van der Waals surface area (Å²) in [6.07, 6.45) is 1.75. The molecule has 1 aliphatic heterocycles. The Kier molecular flexibility index (Phi) is 6.31. The summed E-state index contributed by atoms with van der Waals surface area (Å²) in [5.74, 6) is 0.540. The number of anilines is 1. The molecule has 2 aromatic carbocycles. The Morgan fingerprint density at radius 1 is 0.941 bits per heavy atom. The zero-order chi connectivity index (χ0) is 23.3. The minimum atomic E-state index is -0.331. The van der Waals surface area contributed by atoms with Gasteiger partial charge in [-0.25, -0.2) is 9.67 Å². The first kappa shape index (κ1) is 21.8. The first-order chi connectivity index (χ1) is 16.7. The second kappa shape index (κ2) is 9.84. The van der Waals surface area contributed by atoms with Gasteiger partial charge >= 0.3 is 0 Å². The first-order valence-corrected chi connectivity index (χ1v) is 11.3. The van der Waals surface area contributed by atoms with Gasteiger partial charge in [0.1, 0.15) is 5.82 Å². The van der Waals surface area contributed by atoms with Crippen LogP contribution in [0.25, 0.3) is 10.8 Å². The Balaban J connectivity index is 1.40. The lowest BCUT2D eigenvalue weighted by Gasteiger charge is -2.28. The summed E-state index contributed by atoms with van der Waals surface area (Å²) >= 11 is 0. The fourth-order valence-corrected chi connectivity index (χ4v) is 4.07. The molecule has 0 atom stereocenters. The quantitative estimate of drug-likeness (QED) is 0.481. The molecule has 172 valence electrons. The number of amides is 1. The van der Waals surface area contributed by atoms with Crippen LogP contribution in [-0.4, -0.2) is 47.0 Å². The summed E-state index contributed by atoms with van der Waals surface area (Å²) in [7, 11) is 0. The monoisotopic (exact) mass is 455 g/mol. The Bertz CT molecular complexity index is 1360. The molecule has 1 N–H and O–H groups in total. The molecular formula is C26H25N5O3. The van der Waals surface area contributed by atoms with Gasteiger partial charge < -0.3 is 15.0 Å². The number of ether oxygens (including phenoxy) is 1. The normalized spacial score (nSPS) is 13.7. The lowest BCUT2D eigenvalue weighted by molar-refractivity contribution is 0.0945. The number of pyridine rings is 1. The molecule has 2 aromatic heterocycles. The van der Waals surface area contributed by atoms with E-state index in [4.69, 9.17) is 4.74 Å². The molecule has 0 spiro atoms. The van der Waals surface area contributed by atoms with Gasteiger partial charge in [-0.3, -0.25) is 9.59 Å². The molecule has 34 heavy (non-hydrogen) atoms. The van der Waals surface area contributed by atoms with Crippen molar-refractivity contribution in [3.05, 3.63) is 100 Å². The fraction of sp³-hybridized carbons (Fsp3) is 0.231. The van der Waals surface area contributed by atoms with Crippen LogP contribution in [0.5, 0.6) is 0 Å². The van der Waals surface area contributed by atoms with Crippen molar-refractivity contribution in [3.8, 4) is 0 Å². The van der Waals surface area contributed by atoms with Crippen molar-refractivity contribution in [1.29, 1.82) is 0 Å². The van der Waals surface area contributed by atoms with Crippen LogP contribution in [-0.2, 0) is 17.8 Å². The molecule has 0 aliphatic carbocycles. The molecule has 0 bridgehead atoms. The molecule has 3 heterocycles. The molecule has 4 aromatic rings. The van der Waals surface area contributed by atoms with Crippen LogP contribution in [0.3, 0.4) is 0 Å². The number of carbonyl (C=O) groups excluding carboxylic acids is 1. The number of aromatic nitrogens is 3.